The van der Waals surface area contributed by atoms with Crippen LogP contribution in [0, 0.1) is 23.3 Å². The number of hydrogen-bond acceptors (Lipinski definition) is 4. The van der Waals surface area contributed by atoms with Crippen molar-refractivity contribution in [2.75, 3.05) is 18.1 Å². The van der Waals surface area contributed by atoms with Crippen LogP contribution in [0.1, 0.15) is 5.56 Å². The van der Waals surface area contributed by atoms with Gasteiger partial charge in [-0.15, -0.1) is 0 Å². The van der Waals surface area contributed by atoms with E-state index < -0.39 is 62.9 Å². The molecule has 0 aliphatic carbocycles. The van der Waals surface area contributed by atoms with Crippen molar-refractivity contribution in [1.29, 1.82) is 0 Å². The predicted octanol–water partition coefficient (Wildman–Crippen LogP) is 1.70. The lowest BCUT2D eigenvalue weighted by molar-refractivity contribution is -0.116. The second-order valence-corrected chi connectivity index (χ2v) is 7.80. The summed E-state index contributed by atoms with van der Waals surface area (Å²) in [4.78, 5) is 12.1. The molecule has 0 saturated carbocycles. The third kappa shape index (κ3) is 3.60. The molecular formula is C16H13F4N3O3S. The van der Waals surface area contributed by atoms with Crippen molar-refractivity contribution in [3.8, 4) is 0 Å². The highest BCUT2D eigenvalue weighted by Crippen LogP contribution is 2.34. The molecule has 0 saturated heterocycles. The molecule has 0 fully saturated rings. The Hall–Kier alpha value is -2.66. The molecule has 6 nitrogen and oxygen atoms in total. The molecule has 0 bridgehead atoms. The van der Waals surface area contributed by atoms with Crippen molar-refractivity contribution in [3.63, 3.8) is 0 Å². The number of nitrogens with two attached hydrogens (primary N) is 1. The van der Waals surface area contributed by atoms with Gasteiger partial charge in [0.25, 0.3) is 0 Å². The number of hydrogen-bond donors (Lipinski definition) is 1. The second kappa shape index (κ2) is 6.82. The molecule has 3 rings (SSSR count). The van der Waals surface area contributed by atoms with Crippen LogP contribution in [0.3, 0.4) is 0 Å². The number of carbonyl (C=O) groups excluding carboxylic acids is 1. The number of amides is 1. The number of benzene rings is 2. The average Bonchev–Trinajstić information content (AvgIpc) is 2.56. The van der Waals surface area contributed by atoms with Crippen LogP contribution < -0.4 is 10.6 Å². The van der Waals surface area contributed by atoms with Gasteiger partial charge in [-0.1, -0.05) is 0 Å². The molecule has 1 aliphatic rings. The zero-order chi connectivity index (χ0) is 19.9. The van der Waals surface area contributed by atoms with Gasteiger partial charge in [0.1, 0.15) is 16.5 Å². The van der Waals surface area contributed by atoms with Crippen molar-refractivity contribution in [2.45, 2.75) is 11.4 Å². The fourth-order valence-electron chi connectivity index (χ4n) is 2.77. The van der Waals surface area contributed by atoms with E-state index in [0.717, 1.165) is 12.1 Å². The van der Waals surface area contributed by atoms with Gasteiger partial charge in [-0.05, 0) is 24.3 Å². The Balaban J connectivity index is 2.06. The van der Waals surface area contributed by atoms with Crippen molar-refractivity contribution in [1.82, 2.24) is 4.31 Å². The smallest absolute Gasteiger partial charge is 0.247 e. The molecular weight excluding hydrogens is 390 g/mol. The van der Waals surface area contributed by atoms with Crippen LogP contribution in [0.2, 0.25) is 0 Å². The standard InChI is InChI=1S/C16H13F4N3O3S/c17-10-1-2-14-15(4-10)27(25,26)23(8-22(14)7-16(21)24)6-9-3-12(19)13(20)5-11(9)18/h1-5H,6-8H2,(H2,21,24). The number of sulfonamides is 1. The number of anilines is 1. The van der Waals surface area contributed by atoms with Crippen LogP contribution in [0.5, 0.6) is 0 Å². The van der Waals surface area contributed by atoms with E-state index in [4.69, 9.17) is 5.73 Å². The van der Waals surface area contributed by atoms with Crippen molar-refractivity contribution in [2.24, 2.45) is 5.73 Å². The van der Waals surface area contributed by atoms with Gasteiger partial charge in [0.2, 0.25) is 15.9 Å². The molecule has 2 aromatic rings. The third-order valence-corrected chi connectivity index (χ3v) is 5.80. The van der Waals surface area contributed by atoms with Crippen LogP contribution in [0.15, 0.2) is 35.2 Å². The Labute approximate surface area is 151 Å². The first-order valence-electron chi connectivity index (χ1n) is 7.56. The van der Waals surface area contributed by atoms with Gasteiger partial charge < -0.3 is 10.6 Å². The summed E-state index contributed by atoms with van der Waals surface area (Å²) in [6, 6.07) is 3.80. The molecule has 2 N–H and O–H groups in total. The SMILES string of the molecule is NC(=O)CN1CN(Cc2cc(F)c(F)cc2F)S(=O)(=O)c2cc(F)ccc21. The summed E-state index contributed by atoms with van der Waals surface area (Å²) in [7, 11) is -4.30. The van der Waals surface area contributed by atoms with Gasteiger partial charge in [0.05, 0.1) is 18.9 Å². The Morgan fingerprint density at radius 1 is 1.04 bits per heavy atom. The minimum absolute atomic E-state index is 0.0530. The Bertz CT molecular complexity index is 1030. The van der Waals surface area contributed by atoms with Crippen LogP contribution in [-0.4, -0.2) is 31.8 Å². The van der Waals surface area contributed by atoms with Gasteiger partial charge in [-0.25, -0.2) is 26.0 Å². The maximum absolute atomic E-state index is 13.9. The molecule has 2 aromatic carbocycles. The average molecular weight is 403 g/mol. The van der Waals surface area contributed by atoms with Crippen molar-refractivity contribution in [3.05, 3.63) is 59.2 Å². The van der Waals surface area contributed by atoms with Crippen LogP contribution in [-0.2, 0) is 21.4 Å². The van der Waals surface area contributed by atoms with E-state index >= 15 is 0 Å². The lowest BCUT2D eigenvalue weighted by Crippen LogP contribution is -2.48. The Morgan fingerprint density at radius 2 is 1.70 bits per heavy atom. The highest BCUT2D eigenvalue weighted by atomic mass is 32.2. The minimum atomic E-state index is -4.30. The first kappa shape index (κ1) is 19.1. The fourth-order valence-corrected chi connectivity index (χ4v) is 4.37. The van der Waals surface area contributed by atoms with E-state index in [-0.39, 0.29) is 12.2 Å². The molecule has 1 amide bonds. The first-order chi connectivity index (χ1) is 12.6. The molecule has 1 aliphatic heterocycles. The molecule has 11 heteroatoms. The maximum Gasteiger partial charge on any atom is 0.247 e. The molecule has 0 atom stereocenters. The number of nitrogens with zero attached hydrogens (tertiary/aromatic N) is 2. The van der Waals surface area contributed by atoms with Gasteiger partial charge in [-0.2, -0.15) is 4.31 Å². The summed E-state index contributed by atoms with van der Waals surface area (Å²) in [5.74, 6) is -5.52. The second-order valence-electron chi connectivity index (χ2n) is 5.89. The van der Waals surface area contributed by atoms with E-state index in [1.165, 1.54) is 11.0 Å². The van der Waals surface area contributed by atoms with Crippen LogP contribution in [0.25, 0.3) is 0 Å². The minimum Gasteiger partial charge on any atom is -0.368 e. The molecule has 27 heavy (non-hydrogen) atoms. The largest absolute Gasteiger partial charge is 0.368 e. The van der Waals surface area contributed by atoms with E-state index in [1.807, 2.05) is 0 Å². The zero-order valence-electron chi connectivity index (χ0n) is 13.6. The normalized spacial score (nSPS) is 16.2. The van der Waals surface area contributed by atoms with E-state index in [2.05, 4.69) is 0 Å². The quantitative estimate of drug-likeness (QED) is 0.622. The van der Waals surface area contributed by atoms with E-state index in [9.17, 15) is 30.8 Å². The molecule has 0 radical (unpaired) electrons. The summed E-state index contributed by atoms with van der Waals surface area (Å²) >= 11 is 0. The lowest BCUT2D eigenvalue weighted by Gasteiger charge is -2.37. The molecule has 0 unspecified atom stereocenters. The fraction of sp³-hybridized carbons (Fsp3) is 0.188. The van der Waals surface area contributed by atoms with Gasteiger partial charge in [0.15, 0.2) is 11.6 Å². The van der Waals surface area contributed by atoms with Gasteiger partial charge in [-0.3, -0.25) is 4.79 Å². The summed E-state index contributed by atoms with van der Waals surface area (Å²) in [6.45, 7) is -1.45. The summed E-state index contributed by atoms with van der Waals surface area (Å²) in [5.41, 5.74) is 4.80. The molecule has 144 valence electrons. The monoisotopic (exact) mass is 403 g/mol. The van der Waals surface area contributed by atoms with E-state index in [0.29, 0.717) is 16.4 Å². The van der Waals surface area contributed by atoms with Gasteiger partial charge >= 0.3 is 0 Å². The van der Waals surface area contributed by atoms with Crippen molar-refractivity contribution >= 4 is 21.6 Å². The number of carbonyl (C=O) groups is 1. The number of rotatable bonds is 4. The highest BCUT2D eigenvalue weighted by Gasteiger charge is 2.36. The summed E-state index contributed by atoms with van der Waals surface area (Å²) < 4.78 is 80.3. The molecule has 0 aromatic heterocycles. The van der Waals surface area contributed by atoms with Crippen LogP contribution >= 0.6 is 0 Å². The van der Waals surface area contributed by atoms with E-state index in [1.54, 1.807) is 0 Å². The Kier molecular flexibility index (Phi) is 4.82. The summed E-state index contributed by atoms with van der Waals surface area (Å²) in [6.07, 6.45) is 0. The highest BCUT2D eigenvalue weighted by molar-refractivity contribution is 7.89. The van der Waals surface area contributed by atoms with Gasteiger partial charge in [0, 0.05) is 18.2 Å². The topological polar surface area (TPSA) is 83.7 Å². The number of primary amides is 1. The number of halogens is 4. The van der Waals surface area contributed by atoms with Crippen molar-refractivity contribution < 1.29 is 30.8 Å². The maximum atomic E-state index is 13.9. The first-order valence-corrected chi connectivity index (χ1v) is 9.00. The molecule has 0 spiro atoms. The summed E-state index contributed by atoms with van der Waals surface area (Å²) in [5, 5.41) is 0. The van der Waals surface area contributed by atoms with Crippen LogP contribution in [0.4, 0.5) is 23.2 Å². The zero-order valence-corrected chi connectivity index (χ0v) is 14.4. The third-order valence-electron chi connectivity index (χ3n) is 3.99. The number of fused-ring (bicyclic) bond motifs is 1. The molecule has 1 heterocycles. The lowest BCUT2D eigenvalue weighted by atomic mass is 10.2. The predicted molar refractivity (Wildman–Crippen MR) is 86.9 cm³/mol. The Morgan fingerprint density at radius 3 is 2.37 bits per heavy atom.